The zero-order chi connectivity index (χ0) is 15.9. The predicted octanol–water partition coefficient (Wildman–Crippen LogP) is 3.19. The van der Waals surface area contributed by atoms with Gasteiger partial charge >= 0.3 is 0 Å². The maximum absolute atomic E-state index is 12.2. The van der Waals surface area contributed by atoms with Crippen LogP contribution in [0, 0.1) is 5.92 Å². The van der Waals surface area contributed by atoms with Gasteiger partial charge in [-0.2, -0.15) is 0 Å². The fourth-order valence-electron chi connectivity index (χ4n) is 2.23. The van der Waals surface area contributed by atoms with Crippen molar-refractivity contribution in [3.8, 4) is 17.0 Å². The lowest BCUT2D eigenvalue weighted by atomic mass is 10.1. The average Bonchev–Trinajstić information content (AvgIpc) is 2.49. The Hall–Kier alpha value is -2.07. The van der Waals surface area contributed by atoms with Crippen LogP contribution in [0.5, 0.6) is 5.75 Å². The van der Waals surface area contributed by atoms with Crippen LogP contribution in [0.4, 0.5) is 0 Å². The van der Waals surface area contributed by atoms with Crippen LogP contribution in [-0.4, -0.2) is 18.1 Å². The molecule has 1 aromatic carbocycles. The highest BCUT2D eigenvalue weighted by molar-refractivity contribution is 5.61. The van der Waals surface area contributed by atoms with Crippen molar-refractivity contribution < 1.29 is 4.74 Å². The second-order valence-electron chi connectivity index (χ2n) is 5.71. The van der Waals surface area contributed by atoms with E-state index in [-0.39, 0.29) is 5.56 Å². The summed E-state index contributed by atoms with van der Waals surface area (Å²) in [5.41, 5.74) is 2.46. The maximum atomic E-state index is 12.2. The van der Waals surface area contributed by atoms with Crippen LogP contribution in [0.15, 0.2) is 41.2 Å². The second kappa shape index (κ2) is 7.80. The fraction of sp³-hybridized carbons (Fsp3) is 0.389. The highest BCUT2D eigenvalue weighted by Crippen LogP contribution is 2.21. The van der Waals surface area contributed by atoms with Crippen molar-refractivity contribution in [1.82, 2.24) is 10.3 Å². The highest BCUT2D eigenvalue weighted by Gasteiger charge is 2.05. The van der Waals surface area contributed by atoms with Crippen molar-refractivity contribution in [2.45, 2.75) is 27.3 Å². The minimum Gasteiger partial charge on any atom is -0.494 e. The maximum Gasteiger partial charge on any atom is 0.252 e. The topological polar surface area (TPSA) is 54.1 Å². The van der Waals surface area contributed by atoms with Crippen molar-refractivity contribution in [2.75, 3.05) is 13.2 Å². The van der Waals surface area contributed by atoms with E-state index < -0.39 is 0 Å². The third-order valence-electron chi connectivity index (χ3n) is 3.32. The van der Waals surface area contributed by atoms with Gasteiger partial charge in [-0.05, 0) is 37.6 Å². The van der Waals surface area contributed by atoms with Crippen LogP contribution in [0.25, 0.3) is 11.3 Å². The van der Waals surface area contributed by atoms with Gasteiger partial charge in [0.25, 0.3) is 5.56 Å². The Labute approximate surface area is 131 Å². The smallest absolute Gasteiger partial charge is 0.252 e. The largest absolute Gasteiger partial charge is 0.494 e. The molecule has 2 aromatic rings. The Morgan fingerprint density at radius 3 is 2.73 bits per heavy atom. The van der Waals surface area contributed by atoms with Crippen molar-refractivity contribution in [2.24, 2.45) is 5.92 Å². The third kappa shape index (κ3) is 4.46. The molecule has 0 saturated heterocycles. The van der Waals surface area contributed by atoms with Crippen LogP contribution in [0.1, 0.15) is 26.3 Å². The van der Waals surface area contributed by atoms with E-state index in [4.69, 9.17) is 4.74 Å². The molecule has 0 unspecified atom stereocenters. The lowest BCUT2D eigenvalue weighted by Crippen LogP contribution is -2.24. The molecule has 4 nitrogen and oxygen atoms in total. The van der Waals surface area contributed by atoms with Crippen LogP contribution in [-0.2, 0) is 6.54 Å². The zero-order valence-electron chi connectivity index (χ0n) is 13.5. The van der Waals surface area contributed by atoms with Crippen molar-refractivity contribution in [3.05, 3.63) is 52.3 Å². The van der Waals surface area contributed by atoms with Gasteiger partial charge in [0.05, 0.1) is 6.61 Å². The summed E-state index contributed by atoms with van der Waals surface area (Å²) in [5, 5.41) is 3.29. The van der Waals surface area contributed by atoms with Gasteiger partial charge < -0.3 is 15.0 Å². The Kier molecular flexibility index (Phi) is 5.78. The minimum atomic E-state index is -0.0458. The summed E-state index contributed by atoms with van der Waals surface area (Å²) in [5.74, 6) is 1.38. The Morgan fingerprint density at radius 2 is 2.05 bits per heavy atom. The zero-order valence-corrected chi connectivity index (χ0v) is 13.5. The van der Waals surface area contributed by atoms with Gasteiger partial charge in [-0.15, -0.1) is 0 Å². The lowest BCUT2D eigenvalue weighted by Gasteiger charge is -2.09. The number of aromatic nitrogens is 1. The number of H-pyrrole nitrogens is 1. The molecule has 0 amide bonds. The number of rotatable bonds is 7. The summed E-state index contributed by atoms with van der Waals surface area (Å²) < 4.78 is 5.50. The first kappa shape index (κ1) is 16.3. The number of benzene rings is 1. The molecule has 1 aromatic heterocycles. The quantitative estimate of drug-likeness (QED) is 0.825. The highest BCUT2D eigenvalue weighted by atomic mass is 16.5. The summed E-state index contributed by atoms with van der Waals surface area (Å²) in [4.78, 5) is 15.1. The van der Waals surface area contributed by atoms with E-state index in [1.165, 1.54) is 0 Å². The molecule has 0 aliphatic heterocycles. The molecule has 2 N–H and O–H groups in total. The molecule has 0 saturated carbocycles. The molecule has 22 heavy (non-hydrogen) atoms. The van der Waals surface area contributed by atoms with Crippen molar-refractivity contribution in [3.63, 3.8) is 0 Å². The van der Waals surface area contributed by atoms with Crippen LogP contribution >= 0.6 is 0 Å². The first-order valence-corrected chi connectivity index (χ1v) is 7.76. The van der Waals surface area contributed by atoms with E-state index in [1.54, 1.807) is 0 Å². The standard InChI is InChI=1S/C18H24N2O2/c1-4-22-16-7-5-6-14(10-16)17-9-8-15(18(21)20-17)12-19-11-13(2)3/h5-10,13,19H,4,11-12H2,1-3H3,(H,20,21). The normalized spacial score (nSPS) is 10.9. The molecule has 0 aliphatic rings. The van der Waals surface area contributed by atoms with E-state index >= 15 is 0 Å². The van der Waals surface area contributed by atoms with E-state index in [0.29, 0.717) is 19.1 Å². The van der Waals surface area contributed by atoms with Crippen LogP contribution in [0.2, 0.25) is 0 Å². The fourth-order valence-corrected chi connectivity index (χ4v) is 2.23. The third-order valence-corrected chi connectivity index (χ3v) is 3.32. The summed E-state index contributed by atoms with van der Waals surface area (Å²) >= 11 is 0. The molecule has 4 heteroatoms. The van der Waals surface area contributed by atoms with Gasteiger partial charge in [0, 0.05) is 23.4 Å². The summed E-state index contributed by atoms with van der Waals surface area (Å²) in [7, 11) is 0. The predicted molar refractivity (Wildman–Crippen MR) is 90.2 cm³/mol. The molecular formula is C18H24N2O2. The van der Waals surface area contributed by atoms with E-state index in [9.17, 15) is 4.79 Å². The SMILES string of the molecule is CCOc1cccc(-c2ccc(CNCC(C)C)c(=O)[nH]2)c1. The van der Waals surface area contributed by atoms with E-state index in [1.807, 2.05) is 43.3 Å². The molecule has 0 spiro atoms. The molecule has 0 atom stereocenters. The molecule has 0 radical (unpaired) electrons. The van der Waals surface area contributed by atoms with Gasteiger partial charge in [0.2, 0.25) is 0 Å². The summed E-state index contributed by atoms with van der Waals surface area (Å²) in [6, 6.07) is 11.6. The number of aromatic amines is 1. The van der Waals surface area contributed by atoms with Crippen LogP contribution < -0.4 is 15.6 Å². The summed E-state index contributed by atoms with van der Waals surface area (Å²) in [6.45, 7) is 8.36. The first-order chi connectivity index (χ1) is 10.6. The Bertz CT molecular complexity index is 662. The summed E-state index contributed by atoms with van der Waals surface area (Å²) in [6.07, 6.45) is 0. The van der Waals surface area contributed by atoms with Crippen molar-refractivity contribution >= 4 is 0 Å². The van der Waals surface area contributed by atoms with Gasteiger partial charge in [-0.3, -0.25) is 4.79 Å². The van der Waals surface area contributed by atoms with Gasteiger partial charge in [0.15, 0.2) is 0 Å². The number of nitrogens with one attached hydrogen (secondary N) is 2. The molecule has 1 heterocycles. The molecular weight excluding hydrogens is 276 g/mol. The monoisotopic (exact) mass is 300 g/mol. The van der Waals surface area contributed by atoms with Gasteiger partial charge in [0.1, 0.15) is 5.75 Å². The van der Waals surface area contributed by atoms with Gasteiger partial charge in [-0.1, -0.05) is 32.0 Å². The number of ether oxygens (including phenoxy) is 1. The Morgan fingerprint density at radius 1 is 1.23 bits per heavy atom. The van der Waals surface area contributed by atoms with Crippen LogP contribution in [0.3, 0.4) is 0 Å². The molecule has 0 bridgehead atoms. The molecule has 0 fully saturated rings. The Balaban J connectivity index is 2.15. The van der Waals surface area contributed by atoms with E-state index in [2.05, 4.69) is 24.1 Å². The number of hydrogen-bond acceptors (Lipinski definition) is 3. The average molecular weight is 300 g/mol. The van der Waals surface area contributed by atoms with Gasteiger partial charge in [-0.25, -0.2) is 0 Å². The first-order valence-electron chi connectivity index (χ1n) is 7.76. The minimum absolute atomic E-state index is 0.0458. The number of pyridine rings is 1. The van der Waals surface area contributed by atoms with E-state index in [0.717, 1.165) is 29.1 Å². The number of hydrogen-bond donors (Lipinski definition) is 2. The van der Waals surface area contributed by atoms with Crippen molar-refractivity contribution in [1.29, 1.82) is 0 Å². The lowest BCUT2D eigenvalue weighted by molar-refractivity contribution is 0.340. The molecule has 118 valence electrons. The second-order valence-corrected chi connectivity index (χ2v) is 5.71. The molecule has 0 aliphatic carbocycles. The molecule has 2 rings (SSSR count).